The molecule has 2 aliphatic rings. The van der Waals surface area contributed by atoms with Gasteiger partial charge in [-0.1, -0.05) is 33.8 Å². The first-order chi connectivity index (χ1) is 17.3. The van der Waals surface area contributed by atoms with Crippen LogP contribution in [0.15, 0.2) is 30.3 Å². The second kappa shape index (κ2) is 10.2. The lowest BCUT2D eigenvalue weighted by molar-refractivity contribution is -0.0171. The van der Waals surface area contributed by atoms with Crippen molar-refractivity contribution < 1.29 is 31.5 Å². The maximum absolute atomic E-state index is 14.7. The Morgan fingerprint density at radius 1 is 1.05 bits per heavy atom. The van der Waals surface area contributed by atoms with Gasteiger partial charge >= 0.3 is 6.09 Å². The molecule has 2 aliphatic heterocycles. The van der Waals surface area contributed by atoms with Gasteiger partial charge in [-0.15, -0.1) is 0 Å². The van der Waals surface area contributed by atoms with Crippen LogP contribution in [0.2, 0.25) is 0 Å². The summed E-state index contributed by atoms with van der Waals surface area (Å²) in [6.45, 7) is 9.01. The van der Waals surface area contributed by atoms with Crippen LogP contribution in [0.4, 0.5) is 13.6 Å². The summed E-state index contributed by atoms with van der Waals surface area (Å²) in [5, 5.41) is 0. The third-order valence-electron chi connectivity index (χ3n) is 7.08. The summed E-state index contributed by atoms with van der Waals surface area (Å²) in [6, 6.07) is 7.82. The van der Waals surface area contributed by atoms with Gasteiger partial charge in [0, 0.05) is 37.2 Å². The fourth-order valence-electron chi connectivity index (χ4n) is 4.75. The van der Waals surface area contributed by atoms with E-state index in [0.29, 0.717) is 43.7 Å². The van der Waals surface area contributed by atoms with Crippen molar-refractivity contribution in [2.75, 3.05) is 25.4 Å². The van der Waals surface area contributed by atoms with Gasteiger partial charge in [0.2, 0.25) is 0 Å². The lowest BCUT2D eigenvalue weighted by atomic mass is 9.82. The number of carbonyl (C=O) groups is 1. The molecule has 0 radical (unpaired) electrons. The molecule has 1 amide bonds. The van der Waals surface area contributed by atoms with Gasteiger partial charge in [-0.25, -0.2) is 22.0 Å². The molecular weight excluding hydrogens is 500 g/mol. The van der Waals surface area contributed by atoms with Gasteiger partial charge < -0.3 is 14.4 Å². The van der Waals surface area contributed by atoms with Crippen molar-refractivity contribution in [3.63, 3.8) is 0 Å². The van der Waals surface area contributed by atoms with Crippen molar-refractivity contribution in [3.8, 4) is 16.9 Å². The number of carbonyl (C=O) groups excluding carboxylic acids is 1. The first-order valence-corrected chi connectivity index (χ1v) is 14.5. The second-order valence-electron chi connectivity index (χ2n) is 11.3. The molecule has 0 saturated carbocycles. The molecule has 2 heterocycles. The third kappa shape index (κ3) is 6.43. The minimum atomic E-state index is -3.56. The van der Waals surface area contributed by atoms with Crippen LogP contribution < -0.4 is 4.74 Å². The van der Waals surface area contributed by atoms with Crippen molar-refractivity contribution in [3.05, 3.63) is 53.1 Å². The number of ether oxygens (including phenoxy) is 2. The summed E-state index contributed by atoms with van der Waals surface area (Å²) < 4.78 is 64.9. The zero-order chi connectivity index (χ0) is 27.0. The molecule has 0 N–H and O–H groups in total. The van der Waals surface area contributed by atoms with E-state index in [9.17, 15) is 22.0 Å². The Balaban J connectivity index is 1.44. The van der Waals surface area contributed by atoms with Gasteiger partial charge in [-0.2, -0.15) is 0 Å². The maximum Gasteiger partial charge on any atom is 0.409 e. The Morgan fingerprint density at radius 3 is 2.30 bits per heavy atom. The van der Waals surface area contributed by atoms with Crippen LogP contribution in [-0.4, -0.2) is 50.5 Å². The number of hydrogen-bond donors (Lipinski definition) is 0. The topological polar surface area (TPSA) is 72.9 Å². The molecule has 2 aromatic carbocycles. The summed E-state index contributed by atoms with van der Waals surface area (Å²) >= 11 is 0. The van der Waals surface area contributed by atoms with E-state index in [0.717, 1.165) is 24.2 Å². The molecular formula is C28H35F2NO5S. The summed E-state index contributed by atoms with van der Waals surface area (Å²) in [5.74, 6) is -1.84. The molecule has 1 fully saturated rings. The fourth-order valence-corrected chi connectivity index (χ4v) is 5.67. The van der Waals surface area contributed by atoms with E-state index in [1.165, 1.54) is 19.1 Å². The highest BCUT2D eigenvalue weighted by Crippen LogP contribution is 2.41. The number of piperidine rings is 1. The number of aryl methyl sites for hydroxylation is 1. The largest absolute Gasteiger partial charge is 0.487 e. The second-order valence-corrected chi connectivity index (χ2v) is 13.7. The Labute approximate surface area is 217 Å². The van der Waals surface area contributed by atoms with Gasteiger partial charge in [-0.3, -0.25) is 0 Å². The van der Waals surface area contributed by atoms with Gasteiger partial charge in [0.1, 0.15) is 23.0 Å². The van der Waals surface area contributed by atoms with Gasteiger partial charge in [0.05, 0.1) is 12.4 Å². The van der Waals surface area contributed by atoms with Crippen molar-refractivity contribution >= 4 is 15.9 Å². The van der Waals surface area contributed by atoms with E-state index < -0.39 is 32.8 Å². The fraction of sp³-hybridized carbons (Fsp3) is 0.536. The van der Waals surface area contributed by atoms with Crippen LogP contribution in [0.3, 0.4) is 0 Å². The molecule has 2 aromatic rings. The molecule has 4 rings (SSSR count). The smallest absolute Gasteiger partial charge is 0.409 e. The predicted octanol–water partition coefficient (Wildman–Crippen LogP) is 5.91. The quantitative estimate of drug-likeness (QED) is 0.476. The van der Waals surface area contributed by atoms with E-state index in [4.69, 9.17) is 9.47 Å². The number of rotatable bonds is 5. The third-order valence-corrected chi connectivity index (χ3v) is 8.69. The van der Waals surface area contributed by atoms with Crippen LogP contribution >= 0.6 is 0 Å². The maximum atomic E-state index is 14.7. The summed E-state index contributed by atoms with van der Waals surface area (Å²) in [4.78, 5) is 14.2. The van der Waals surface area contributed by atoms with E-state index in [1.807, 2.05) is 32.9 Å². The van der Waals surface area contributed by atoms with Crippen LogP contribution in [0, 0.1) is 17.0 Å². The average Bonchev–Trinajstić information content (AvgIpc) is 2.84. The number of hydrogen-bond acceptors (Lipinski definition) is 5. The monoisotopic (exact) mass is 535 g/mol. The molecule has 0 aliphatic carbocycles. The van der Waals surface area contributed by atoms with Crippen LogP contribution in [0.1, 0.15) is 58.1 Å². The van der Waals surface area contributed by atoms with E-state index in [1.54, 1.807) is 11.0 Å². The minimum absolute atomic E-state index is 0.0863. The van der Waals surface area contributed by atoms with E-state index >= 15 is 0 Å². The minimum Gasteiger partial charge on any atom is -0.487 e. The van der Waals surface area contributed by atoms with Crippen LogP contribution in [-0.2, 0) is 26.7 Å². The highest BCUT2D eigenvalue weighted by molar-refractivity contribution is 7.90. The number of sulfone groups is 1. The van der Waals surface area contributed by atoms with Gasteiger partial charge in [0.15, 0.2) is 9.84 Å². The molecule has 9 heteroatoms. The first-order valence-electron chi connectivity index (χ1n) is 12.7. The zero-order valence-corrected chi connectivity index (χ0v) is 22.7. The zero-order valence-electron chi connectivity index (χ0n) is 21.9. The summed E-state index contributed by atoms with van der Waals surface area (Å²) in [5.41, 5.74) is 1.07. The average molecular weight is 536 g/mol. The Morgan fingerprint density at radius 2 is 1.70 bits per heavy atom. The van der Waals surface area contributed by atoms with E-state index in [-0.39, 0.29) is 22.9 Å². The van der Waals surface area contributed by atoms with Crippen molar-refractivity contribution in [2.24, 2.45) is 5.41 Å². The standard InChI is InChI=1S/C28H35F2NO5S/c1-5-37(33,34)17-22-23(29)15-21(16-24(22)30)19-6-7-25-20(14-19)8-9-28(36-25)10-12-31(13-11-28)26(32)35-18-27(2,3)4/h6-7,14-16H,5,8-13,17-18H2,1-4H3. The van der Waals surface area contributed by atoms with Gasteiger partial charge in [0.25, 0.3) is 0 Å². The molecule has 0 unspecified atom stereocenters. The predicted molar refractivity (Wildman–Crippen MR) is 138 cm³/mol. The Kier molecular flexibility index (Phi) is 7.57. The molecule has 1 spiro atoms. The highest BCUT2D eigenvalue weighted by Gasteiger charge is 2.41. The number of benzene rings is 2. The summed E-state index contributed by atoms with van der Waals surface area (Å²) in [6.07, 6.45) is 2.65. The summed E-state index contributed by atoms with van der Waals surface area (Å²) in [7, 11) is -3.56. The molecule has 0 bridgehead atoms. The SMILES string of the molecule is CCS(=O)(=O)Cc1c(F)cc(-c2ccc3c(c2)CCC2(CCN(C(=O)OCC(C)(C)C)CC2)O3)cc1F. The molecule has 0 atom stereocenters. The number of fused-ring (bicyclic) bond motifs is 1. The molecule has 0 aromatic heterocycles. The first kappa shape index (κ1) is 27.4. The number of likely N-dealkylation sites (tertiary alicyclic amines) is 1. The van der Waals surface area contributed by atoms with Crippen molar-refractivity contribution in [1.82, 2.24) is 4.90 Å². The molecule has 202 valence electrons. The van der Waals surface area contributed by atoms with Gasteiger partial charge in [-0.05, 0) is 59.2 Å². The lowest BCUT2D eigenvalue weighted by Gasteiger charge is -2.44. The normalized spacial score (nSPS) is 17.3. The van der Waals surface area contributed by atoms with Crippen molar-refractivity contribution in [2.45, 2.75) is 64.7 Å². The van der Waals surface area contributed by atoms with E-state index in [2.05, 4.69) is 0 Å². The highest BCUT2D eigenvalue weighted by atomic mass is 32.2. The Bertz CT molecular complexity index is 1250. The van der Waals surface area contributed by atoms with Crippen LogP contribution in [0.25, 0.3) is 11.1 Å². The van der Waals surface area contributed by atoms with Crippen LogP contribution in [0.5, 0.6) is 5.75 Å². The number of amides is 1. The number of halogens is 2. The lowest BCUT2D eigenvalue weighted by Crippen LogP contribution is -2.51. The number of nitrogens with zero attached hydrogens (tertiary/aromatic N) is 1. The molecule has 1 saturated heterocycles. The van der Waals surface area contributed by atoms with Crippen molar-refractivity contribution in [1.29, 1.82) is 0 Å². The molecule has 6 nitrogen and oxygen atoms in total. The Hall–Kier alpha value is -2.68. The molecule has 37 heavy (non-hydrogen) atoms.